The van der Waals surface area contributed by atoms with E-state index in [1.807, 2.05) is 13.8 Å². The van der Waals surface area contributed by atoms with Gasteiger partial charge in [-0.15, -0.1) is 0 Å². The third kappa shape index (κ3) is 1.23. The number of carboxylic acids is 1. The van der Waals surface area contributed by atoms with Crippen LogP contribution in [0.2, 0.25) is 0 Å². The zero-order chi connectivity index (χ0) is 11.3. The molecule has 2 rings (SSSR count). The van der Waals surface area contributed by atoms with Crippen LogP contribution in [0.5, 0.6) is 0 Å². The van der Waals surface area contributed by atoms with Gasteiger partial charge in [-0.2, -0.15) is 0 Å². The van der Waals surface area contributed by atoms with Gasteiger partial charge in [-0.3, -0.25) is 9.69 Å². The van der Waals surface area contributed by atoms with Crippen molar-refractivity contribution in [2.45, 2.75) is 26.1 Å². The third-order valence-electron chi connectivity index (χ3n) is 2.53. The van der Waals surface area contributed by atoms with Gasteiger partial charge < -0.3 is 5.11 Å². The summed E-state index contributed by atoms with van der Waals surface area (Å²) in [6, 6.07) is 0. The zero-order valence-corrected chi connectivity index (χ0v) is 9.51. The first-order valence-electron chi connectivity index (χ1n) is 4.57. The summed E-state index contributed by atoms with van der Waals surface area (Å²) in [6.45, 7) is 5.49. The second kappa shape index (κ2) is 3.13. The van der Waals surface area contributed by atoms with E-state index in [2.05, 4.69) is 0 Å². The highest BCUT2D eigenvalue weighted by Crippen LogP contribution is 2.49. The molecule has 1 unspecified atom stereocenters. The van der Waals surface area contributed by atoms with Crippen molar-refractivity contribution in [2.75, 3.05) is 0 Å². The summed E-state index contributed by atoms with van der Waals surface area (Å²) >= 11 is 1.44. The van der Waals surface area contributed by atoms with E-state index >= 15 is 0 Å². The van der Waals surface area contributed by atoms with Crippen LogP contribution in [-0.4, -0.2) is 27.3 Å². The van der Waals surface area contributed by atoms with Crippen molar-refractivity contribution < 1.29 is 14.7 Å². The normalized spacial score (nSPS) is 24.2. The number of carbonyl (C=O) groups excluding carboxylic acids is 1. The minimum absolute atomic E-state index is 0.103. The number of nitrogens with zero attached hydrogens (tertiary/aromatic N) is 1. The Labute approximate surface area is 91.6 Å². The number of β-lactam (4-membered cyclic amide) rings is 1. The van der Waals surface area contributed by atoms with Gasteiger partial charge in [-0.1, -0.05) is 17.3 Å². The number of rotatable bonds is 1. The molecule has 0 spiro atoms. The maximum Gasteiger partial charge on any atom is 0.353 e. The number of hydrogen-bond donors (Lipinski definition) is 1. The predicted molar refractivity (Wildman–Crippen MR) is 56.9 cm³/mol. The van der Waals surface area contributed by atoms with Gasteiger partial charge in [0.2, 0.25) is 0 Å². The van der Waals surface area contributed by atoms with E-state index in [9.17, 15) is 9.59 Å². The maximum atomic E-state index is 11.7. The van der Waals surface area contributed by atoms with Gasteiger partial charge in [0.1, 0.15) is 11.1 Å². The summed E-state index contributed by atoms with van der Waals surface area (Å²) in [7, 11) is 0. The second-order valence-corrected chi connectivity index (χ2v) is 5.06. The number of carboxylic acid groups (broad SMARTS) is 1. The molecule has 0 saturated carbocycles. The monoisotopic (exact) mass is 225 g/mol. The molecule has 1 saturated heterocycles. The van der Waals surface area contributed by atoms with E-state index in [4.69, 9.17) is 5.11 Å². The minimum atomic E-state index is -1.02. The summed E-state index contributed by atoms with van der Waals surface area (Å²) < 4.78 is 0. The molecule has 2 aliphatic rings. The largest absolute Gasteiger partial charge is 0.477 e. The molecule has 2 aliphatic heterocycles. The first-order valence-corrected chi connectivity index (χ1v) is 5.45. The zero-order valence-electron chi connectivity index (χ0n) is 8.70. The lowest BCUT2D eigenvalue weighted by Crippen LogP contribution is -2.51. The quantitative estimate of drug-likeness (QED) is 0.543. The molecule has 1 amide bonds. The lowest BCUT2D eigenvalue weighted by Gasteiger charge is -2.38. The first kappa shape index (κ1) is 10.3. The van der Waals surface area contributed by atoms with Crippen molar-refractivity contribution >= 4 is 23.6 Å². The maximum absolute atomic E-state index is 11.7. The number of fused-ring (bicyclic) bond motifs is 1. The average molecular weight is 225 g/mol. The topological polar surface area (TPSA) is 57.6 Å². The number of aliphatic carboxylic acids is 1. The minimum Gasteiger partial charge on any atom is -0.477 e. The molecule has 15 heavy (non-hydrogen) atoms. The molecule has 0 bridgehead atoms. The van der Waals surface area contributed by atoms with Crippen LogP contribution >= 0.6 is 11.8 Å². The molecule has 1 fully saturated rings. The Morgan fingerprint density at radius 3 is 2.53 bits per heavy atom. The fourth-order valence-electron chi connectivity index (χ4n) is 1.84. The summed E-state index contributed by atoms with van der Waals surface area (Å²) in [4.78, 5) is 24.7. The highest BCUT2D eigenvalue weighted by Gasteiger charge is 2.51. The van der Waals surface area contributed by atoms with Crippen LogP contribution in [0.1, 0.15) is 20.8 Å². The van der Waals surface area contributed by atoms with Gasteiger partial charge in [-0.25, -0.2) is 4.79 Å². The van der Waals surface area contributed by atoms with Crippen LogP contribution in [0.25, 0.3) is 0 Å². The molecule has 0 aromatic heterocycles. The number of carbonyl (C=O) groups is 2. The van der Waals surface area contributed by atoms with E-state index in [0.29, 0.717) is 4.91 Å². The van der Waals surface area contributed by atoms with Crippen molar-refractivity contribution in [1.29, 1.82) is 0 Å². The van der Waals surface area contributed by atoms with E-state index in [1.165, 1.54) is 16.7 Å². The van der Waals surface area contributed by atoms with Crippen molar-refractivity contribution in [2.24, 2.45) is 0 Å². The SMILES string of the molecule is CC(C)=C1C(=O)N2C(C(=O)O)=C(C)SC12. The molecule has 0 aromatic rings. The van der Waals surface area contributed by atoms with Gasteiger partial charge in [0, 0.05) is 10.5 Å². The Hall–Kier alpha value is -1.23. The molecule has 5 heteroatoms. The van der Waals surface area contributed by atoms with Crippen molar-refractivity contribution in [3.8, 4) is 0 Å². The highest BCUT2D eigenvalue weighted by atomic mass is 32.2. The van der Waals surface area contributed by atoms with Crippen molar-refractivity contribution in [3.05, 3.63) is 21.7 Å². The summed E-state index contributed by atoms with van der Waals surface area (Å²) in [6.07, 6.45) is 0. The molecule has 1 N–H and O–H groups in total. The Bertz CT molecular complexity index is 432. The van der Waals surface area contributed by atoms with Crippen molar-refractivity contribution in [1.82, 2.24) is 4.90 Å². The van der Waals surface area contributed by atoms with Crippen LogP contribution in [0, 0.1) is 0 Å². The Morgan fingerprint density at radius 1 is 1.47 bits per heavy atom. The fraction of sp³-hybridized carbons (Fsp3) is 0.400. The number of hydrogen-bond acceptors (Lipinski definition) is 3. The van der Waals surface area contributed by atoms with Gasteiger partial charge in [0.25, 0.3) is 5.91 Å². The Kier molecular flexibility index (Phi) is 2.15. The van der Waals surface area contributed by atoms with Crippen LogP contribution in [0.3, 0.4) is 0 Å². The lowest BCUT2D eigenvalue weighted by molar-refractivity contribution is -0.141. The van der Waals surface area contributed by atoms with Gasteiger partial charge >= 0.3 is 5.97 Å². The van der Waals surface area contributed by atoms with Crippen LogP contribution in [-0.2, 0) is 9.59 Å². The third-order valence-corrected chi connectivity index (χ3v) is 3.75. The Morgan fingerprint density at radius 2 is 2.07 bits per heavy atom. The van der Waals surface area contributed by atoms with E-state index in [0.717, 1.165) is 11.1 Å². The predicted octanol–water partition coefficient (Wildman–Crippen LogP) is 1.55. The molecule has 80 valence electrons. The summed E-state index contributed by atoms with van der Waals surface area (Å²) in [5.74, 6) is -1.19. The number of allylic oxidation sites excluding steroid dienone is 2. The molecule has 0 radical (unpaired) electrons. The first-order chi connectivity index (χ1) is 6.95. The van der Waals surface area contributed by atoms with Gasteiger partial charge in [0.15, 0.2) is 0 Å². The molecular weight excluding hydrogens is 214 g/mol. The molecule has 4 nitrogen and oxygen atoms in total. The van der Waals surface area contributed by atoms with Gasteiger partial charge in [0.05, 0.1) is 0 Å². The molecular formula is C10H11NO3S. The van der Waals surface area contributed by atoms with E-state index < -0.39 is 5.97 Å². The molecule has 0 aromatic carbocycles. The fourth-order valence-corrected chi connectivity index (χ4v) is 3.24. The smallest absolute Gasteiger partial charge is 0.353 e. The van der Waals surface area contributed by atoms with Gasteiger partial charge in [-0.05, 0) is 20.8 Å². The number of thioether (sulfide) groups is 1. The summed E-state index contributed by atoms with van der Waals surface area (Å²) in [5, 5.41) is 8.86. The second-order valence-electron chi connectivity index (χ2n) is 3.77. The molecule has 2 heterocycles. The van der Waals surface area contributed by atoms with E-state index in [1.54, 1.807) is 6.92 Å². The standard InChI is InChI=1S/C10H11NO3S/c1-4(2)6-8(12)11-7(10(13)14)5(3)15-9(6)11/h9H,1-3H3,(H,13,14). The highest BCUT2D eigenvalue weighted by molar-refractivity contribution is 8.04. The van der Waals surface area contributed by atoms with Crippen LogP contribution in [0.4, 0.5) is 0 Å². The summed E-state index contributed by atoms with van der Waals surface area (Å²) in [5.41, 5.74) is 1.85. The lowest BCUT2D eigenvalue weighted by atomic mass is 10.0. The number of amides is 1. The average Bonchev–Trinajstić information content (AvgIpc) is 2.38. The van der Waals surface area contributed by atoms with Crippen LogP contribution < -0.4 is 0 Å². The van der Waals surface area contributed by atoms with E-state index in [-0.39, 0.29) is 17.0 Å². The molecule has 0 aliphatic carbocycles. The molecule has 1 atom stereocenters. The van der Waals surface area contributed by atoms with Crippen molar-refractivity contribution in [3.63, 3.8) is 0 Å². The Balaban J connectivity index is 2.39. The van der Waals surface area contributed by atoms with Crippen LogP contribution in [0.15, 0.2) is 21.7 Å².